The molecule has 4 aromatic rings. The van der Waals surface area contributed by atoms with Gasteiger partial charge in [-0.15, -0.1) is 11.3 Å². The second-order valence-corrected chi connectivity index (χ2v) is 11.3. The van der Waals surface area contributed by atoms with Gasteiger partial charge in [-0.05, 0) is 60.6 Å². The fourth-order valence-corrected chi connectivity index (χ4v) is 5.69. The van der Waals surface area contributed by atoms with Crippen LogP contribution in [-0.2, 0) is 22.6 Å². The van der Waals surface area contributed by atoms with Crippen LogP contribution in [0.2, 0.25) is 5.02 Å². The van der Waals surface area contributed by atoms with Crippen molar-refractivity contribution in [3.63, 3.8) is 0 Å². The molecule has 38 heavy (non-hydrogen) atoms. The van der Waals surface area contributed by atoms with Gasteiger partial charge in [-0.25, -0.2) is 0 Å². The van der Waals surface area contributed by atoms with E-state index in [2.05, 4.69) is 16.9 Å². The average Bonchev–Trinajstić information content (AvgIpc) is 3.59. The number of thiophene rings is 1. The molecule has 0 unspecified atom stereocenters. The minimum Gasteiger partial charge on any atom is -0.456 e. The number of fused-ring (bicyclic) bond motifs is 1. The molecule has 8 heteroatoms. The molecule has 0 atom stereocenters. The van der Waals surface area contributed by atoms with Crippen LogP contribution in [0.4, 0.5) is 0 Å². The molecule has 0 bridgehead atoms. The third-order valence-electron chi connectivity index (χ3n) is 6.62. The summed E-state index contributed by atoms with van der Waals surface area (Å²) >= 11 is 8.07. The van der Waals surface area contributed by atoms with Gasteiger partial charge < -0.3 is 9.64 Å². The number of rotatable bonds is 11. The minimum absolute atomic E-state index is 0.0667. The van der Waals surface area contributed by atoms with Crippen LogP contribution >= 0.6 is 22.9 Å². The highest BCUT2D eigenvalue weighted by Gasteiger charge is 2.24. The van der Waals surface area contributed by atoms with Gasteiger partial charge in [0.1, 0.15) is 17.3 Å². The number of ketones is 1. The predicted octanol–water partition coefficient (Wildman–Crippen LogP) is 7.47. The van der Waals surface area contributed by atoms with Crippen LogP contribution in [0.25, 0.3) is 20.8 Å². The van der Waals surface area contributed by atoms with Crippen LogP contribution in [0.5, 0.6) is 11.5 Å². The van der Waals surface area contributed by atoms with Crippen molar-refractivity contribution < 1.29 is 14.3 Å². The number of carbonyl (C=O) groups excluding carboxylic acids is 2. The quantitative estimate of drug-likeness (QED) is 0.195. The van der Waals surface area contributed by atoms with Crippen molar-refractivity contribution in [2.45, 2.75) is 52.5 Å². The van der Waals surface area contributed by atoms with Crippen molar-refractivity contribution in [2.75, 3.05) is 6.54 Å². The average molecular weight is 548 g/mol. The zero-order chi connectivity index (χ0) is 26.6. The molecule has 1 aliphatic rings. The van der Waals surface area contributed by atoms with Crippen LogP contribution < -0.4 is 4.74 Å². The number of pyridine rings is 2. The summed E-state index contributed by atoms with van der Waals surface area (Å²) in [4.78, 5) is 36.1. The summed E-state index contributed by atoms with van der Waals surface area (Å²) < 4.78 is 7.12. The Balaban J connectivity index is 1.31. The summed E-state index contributed by atoms with van der Waals surface area (Å²) in [6.45, 7) is 4.95. The molecule has 3 aromatic heterocycles. The maximum atomic E-state index is 12.3. The highest BCUT2D eigenvalue weighted by Crippen LogP contribution is 2.39. The first-order valence-electron chi connectivity index (χ1n) is 13.0. The van der Waals surface area contributed by atoms with E-state index in [1.807, 2.05) is 47.5 Å². The number of halogens is 1. The van der Waals surface area contributed by atoms with E-state index in [1.165, 1.54) is 0 Å². The van der Waals surface area contributed by atoms with Crippen molar-refractivity contribution in [2.24, 2.45) is 5.92 Å². The predicted molar refractivity (Wildman–Crippen MR) is 152 cm³/mol. The molecule has 0 saturated heterocycles. The summed E-state index contributed by atoms with van der Waals surface area (Å²) in [5.74, 6) is 2.18. The molecule has 1 aliphatic carbocycles. The molecule has 196 valence electrons. The normalized spacial score (nSPS) is 13.0. The molecule has 1 amide bonds. The number of Topliss-reactive ketones (excluding diaryl/α,β-unsaturated/α-hetero) is 1. The minimum atomic E-state index is 0.0667. The van der Waals surface area contributed by atoms with Crippen LogP contribution in [0.3, 0.4) is 0 Å². The summed E-state index contributed by atoms with van der Waals surface area (Å²) in [7, 11) is 0. The molecule has 0 aliphatic heterocycles. The topological polar surface area (TPSA) is 72.4 Å². The second kappa shape index (κ2) is 11.6. The third kappa shape index (κ3) is 6.40. The molecule has 5 rings (SSSR count). The Morgan fingerprint density at radius 1 is 1.13 bits per heavy atom. The molecular formula is C30H30ClN3O3S. The van der Waals surface area contributed by atoms with Crippen molar-refractivity contribution in [1.29, 1.82) is 0 Å². The van der Waals surface area contributed by atoms with E-state index in [4.69, 9.17) is 16.3 Å². The van der Waals surface area contributed by atoms with Gasteiger partial charge in [-0.3, -0.25) is 19.6 Å². The molecule has 3 heterocycles. The van der Waals surface area contributed by atoms with Gasteiger partial charge in [0.05, 0.1) is 20.8 Å². The zero-order valence-corrected chi connectivity index (χ0v) is 23.1. The molecule has 0 spiro atoms. The van der Waals surface area contributed by atoms with E-state index in [1.54, 1.807) is 30.5 Å². The molecule has 1 fully saturated rings. The number of ether oxygens (including phenoxy) is 1. The van der Waals surface area contributed by atoms with Crippen LogP contribution in [-0.4, -0.2) is 33.1 Å². The highest BCUT2D eigenvalue weighted by molar-refractivity contribution is 7.22. The summed E-state index contributed by atoms with van der Waals surface area (Å²) in [5.41, 5.74) is 3.50. The Morgan fingerprint density at radius 3 is 2.66 bits per heavy atom. The van der Waals surface area contributed by atoms with E-state index in [0.29, 0.717) is 41.8 Å². The Morgan fingerprint density at radius 2 is 1.97 bits per heavy atom. The van der Waals surface area contributed by atoms with Gasteiger partial charge in [0.15, 0.2) is 0 Å². The number of carbonyl (C=O) groups is 2. The molecule has 0 N–H and O–H groups in total. The van der Waals surface area contributed by atoms with Gasteiger partial charge in [0, 0.05) is 56.3 Å². The van der Waals surface area contributed by atoms with Gasteiger partial charge in [-0.1, -0.05) is 30.7 Å². The van der Waals surface area contributed by atoms with Crippen molar-refractivity contribution in [3.8, 4) is 22.1 Å². The molecule has 6 nitrogen and oxygen atoms in total. The lowest BCUT2D eigenvalue weighted by atomic mass is 10.0. The summed E-state index contributed by atoms with van der Waals surface area (Å²) in [5, 5.41) is 0.537. The van der Waals surface area contributed by atoms with Crippen LogP contribution in [0, 0.1) is 5.92 Å². The second-order valence-electron chi connectivity index (χ2n) is 9.84. The first-order chi connectivity index (χ1) is 18.4. The van der Waals surface area contributed by atoms with Gasteiger partial charge >= 0.3 is 0 Å². The lowest BCUT2D eigenvalue weighted by Gasteiger charge is -2.20. The Bertz CT molecular complexity index is 1460. The molecule has 1 saturated carbocycles. The maximum absolute atomic E-state index is 12.3. The highest BCUT2D eigenvalue weighted by atomic mass is 35.5. The SMILES string of the molecule is CCCN(Cc1ccc(-c2cc3nccc(Oc4ccc(CC(=O)CC5CC5)c(Cl)c4)c3s2)nc1)C(C)=O. The first kappa shape index (κ1) is 26.3. The van der Waals surface area contributed by atoms with Crippen molar-refractivity contribution in [3.05, 3.63) is 71.0 Å². The van der Waals surface area contributed by atoms with E-state index in [0.717, 1.165) is 57.7 Å². The number of hydrogen-bond acceptors (Lipinski definition) is 6. The Hall–Kier alpha value is -3.29. The monoisotopic (exact) mass is 547 g/mol. The summed E-state index contributed by atoms with van der Waals surface area (Å²) in [6, 6.07) is 13.3. The lowest BCUT2D eigenvalue weighted by molar-refractivity contribution is -0.129. The number of aromatic nitrogens is 2. The fourth-order valence-electron chi connectivity index (χ4n) is 4.41. The van der Waals surface area contributed by atoms with E-state index < -0.39 is 0 Å². The number of benzene rings is 1. The van der Waals surface area contributed by atoms with Crippen molar-refractivity contribution in [1.82, 2.24) is 14.9 Å². The van der Waals surface area contributed by atoms with Gasteiger partial charge in [-0.2, -0.15) is 0 Å². The zero-order valence-electron chi connectivity index (χ0n) is 21.6. The number of nitrogens with zero attached hydrogens (tertiary/aromatic N) is 3. The molecule has 0 radical (unpaired) electrons. The Labute approximate surface area is 231 Å². The lowest BCUT2D eigenvalue weighted by Crippen LogP contribution is -2.28. The standard InChI is InChI=1S/C30H30ClN3O3S/c1-3-12-34(19(2)35)18-21-6-9-26(33-17-21)29-16-27-30(38-29)28(10-11-32-27)37-24-8-7-22(25(31)15-24)14-23(36)13-20-4-5-20/h6-11,15-17,20H,3-5,12-14,18H2,1-2H3. The van der Waals surface area contributed by atoms with Crippen molar-refractivity contribution >= 4 is 44.8 Å². The Kier molecular flexibility index (Phi) is 8.05. The fraction of sp³-hybridized carbons (Fsp3) is 0.333. The van der Waals surface area contributed by atoms with Gasteiger partial charge in [0.2, 0.25) is 5.91 Å². The largest absolute Gasteiger partial charge is 0.456 e. The third-order valence-corrected chi connectivity index (χ3v) is 8.13. The number of amides is 1. The number of hydrogen-bond donors (Lipinski definition) is 0. The van der Waals surface area contributed by atoms with E-state index in [9.17, 15) is 9.59 Å². The molecule has 1 aromatic carbocycles. The van der Waals surface area contributed by atoms with Crippen LogP contribution in [0.15, 0.2) is 54.9 Å². The smallest absolute Gasteiger partial charge is 0.219 e. The van der Waals surface area contributed by atoms with E-state index >= 15 is 0 Å². The van der Waals surface area contributed by atoms with Crippen LogP contribution in [0.1, 0.15) is 50.7 Å². The molecular weight excluding hydrogens is 518 g/mol. The first-order valence-corrected chi connectivity index (χ1v) is 14.2. The maximum Gasteiger partial charge on any atom is 0.219 e. The van der Waals surface area contributed by atoms with E-state index in [-0.39, 0.29) is 11.7 Å². The summed E-state index contributed by atoms with van der Waals surface area (Å²) in [6.07, 6.45) is 7.81. The van der Waals surface area contributed by atoms with Gasteiger partial charge in [0.25, 0.3) is 0 Å².